The molecule has 1 aromatic heterocycles. The Hall–Kier alpha value is -2.73. The first kappa shape index (κ1) is 22.5. The van der Waals surface area contributed by atoms with Crippen LogP contribution in [0.15, 0.2) is 36.5 Å². The minimum atomic E-state index is -0.149. The zero-order chi connectivity index (χ0) is 22.6. The molecule has 1 aromatic carbocycles. The van der Waals surface area contributed by atoms with Gasteiger partial charge in [-0.15, -0.1) is 0 Å². The van der Waals surface area contributed by atoms with Gasteiger partial charge in [0.05, 0.1) is 11.3 Å². The summed E-state index contributed by atoms with van der Waals surface area (Å²) in [7, 11) is 0. The zero-order valence-electron chi connectivity index (χ0n) is 19.1. The Kier molecular flexibility index (Phi) is 6.89. The van der Waals surface area contributed by atoms with Crippen LogP contribution in [0.3, 0.4) is 0 Å². The topological polar surface area (TPSA) is 80.3 Å². The summed E-state index contributed by atoms with van der Waals surface area (Å²) in [6.07, 6.45) is 8.22. The number of rotatable bonds is 7. The molecule has 6 heteroatoms. The fourth-order valence-corrected chi connectivity index (χ4v) is 4.86. The highest BCUT2D eigenvalue weighted by atomic mass is 16.5. The number of nitrogens with one attached hydrogen (secondary N) is 2. The van der Waals surface area contributed by atoms with Gasteiger partial charge in [-0.25, -0.2) is 0 Å². The molecular weight excluding hydrogens is 402 g/mol. The largest absolute Gasteiger partial charge is 0.381 e. The first-order valence-corrected chi connectivity index (χ1v) is 11.7. The fourth-order valence-electron chi connectivity index (χ4n) is 4.86. The van der Waals surface area contributed by atoms with Crippen molar-refractivity contribution >= 4 is 17.5 Å². The third-order valence-corrected chi connectivity index (χ3v) is 6.82. The van der Waals surface area contributed by atoms with Crippen molar-refractivity contribution in [1.82, 2.24) is 10.3 Å². The van der Waals surface area contributed by atoms with E-state index in [1.807, 2.05) is 19.2 Å². The van der Waals surface area contributed by atoms with Crippen molar-refractivity contribution in [3.8, 4) is 0 Å². The van der Waals surface area contributed by atoms with Crippen molar-refractivity contribution in [2.24, 2.45) is 5.41 Å². The first-order chi connectivity index (χ1) is 15.5. The number of carbonyl (C=O) groups excluding carboxylic acids is 2. The summed E-state index contributed by atoms with van der Waals surface area (Å²) < 4.78 is 5.53. The van der Waals surface area contributed by atoms with E-state index in [0.717, 1.165) is 63.0 Å². The molecule has 4 rings (SSSR count). The molecule has 2 heterocycles. The van der Waals surface area contributed by atoms with Crippen molar-refractivity contribution in [3.63, 3.8) is 0 Å². The third-order valence-electron chi connectivity index (χ3n) is 6.82. The Labute approximate surface area is 190 Å². The molecule has 1 aliphatic carbocycles. The number of anilines is 1. The smallest absolute Gasteiger partial charge is 0.257 e. The van der Waals surface area contributed by atoms with Gasteiger partial charge in [-0.05, 0) is 80.3 Å². The van der Waals surface area contributed by atoms with E-state index in [1.165, 1.54) is 0 Å². The van der Waals surface area contributed by atoms with E-state index >= 15 is 0 Å². The van der Waals surface area contributed by atoms with Gasteiger partial charge < -0.3 is 15.4 Å². The Balaban J connectivity index is 1.42. The second kappa shape index (κ2) is 9.82. The summed E-state index contributed by atoms with van der Waals surface area (Å²) in [5.41, 5.74) is 4.15. The van der Waals surface area contributed by atoms with E-state index in [1.54, 1.807) is 24.3 Å². The molecule has 6 nitrogen and oxygen atoms in total. The number of aryl methyl sites for hydroxylation is 1. The summed E-state index contributed by atoms with van der Waals surface area (Å²) >= 11 is 0. The van der Waals surface area contributed by atoms with Gasteiger partial charge in [-0.3, -0.25) is 14.6 Å². The van der Waals surface area contributed by atoms with E-state index in [9.17, 15) is 9.59 Å². The lowest BCUT2D eigenvalue weighted by molar-refractivity contribution is -0.0405. The molecule has 1 saturated heterocycles. The summed E-state index contributed by atoms with van der Waals surface area (Å²) in [5, 5.41) is 5.89. The predicted octanol–water partition coefficient (Wildman–Crippen LogP) is 4.85. The number of pyridine rings is 1. The van der Waals surface area contributed by atoms with Gasteiger partial charge in [-0.1, -0.05) is 13.3 Å². The normalized spacial score (nSPS) is 17.6. The molecule has 170 valence electrons. The van der Waals surface area contributed by atoms with E-state index in [0.29, 0.717) is 34.7 Å². The minimum Gasteiger partial charge on any atom is -0.381 e. The van der Waals surface area contributed by atoms with Crippen LogP contribution in [-0.4, -0.2) is 36.6 Å². The maximum Gasteiger partial charge on any atom is 0.257 e. The standard InChI is InChI=1S/C26H33N3O3/c1-3-4-11-27-24(30)19-5-7-21(8-6-19)29-25(31)22-14-18(2)17-28-23(22)20-15-26(16-20)9-12-32-13-10-26/h5-8,14,17,20H,3-4,9-13,15-16H2,1-2H3,(H,27,30)(H,29,31). The molecule has 32 heavy (non-hydrogen) atoms. The van der Waals surface area contributed by atoms with Crippen molar-refractivity contribution in [2.45, 2.75) is 58.3 Å². The lowest BCUT2D eigenvalue weighted by Crippen LogP contribution is -2.41. The summed E-state index contributed by atoms with van der Waals surface area (Å²) in [6, 6.07) is 8.97. The zero-order valence-corrected chi connectivity index (χ0v) is 19.1. The van der Waals surface area contributed by atoms with E-state index in [4.69, 9.17) is 4.74 Å². The molecule has 2 fully saturated rings. The number of ether oxygens (including phenoxy) is 1. The molecule has 1 saturated carbocycles. The molecule has 0 atom stereocenters. The Morgan fingerprint density at radius 3 is 2.53 bits per heavy atom. The highest BCUT2D eigenvalue weighted by Crippen LogP contribution is 2.56. The lowest BCUT2D eigenvalue weighted by Gasteiger charge is -2.50. The maximum absolute atomic E-state index is 13.1. The average Bonchev–Trinajstić information content (AvgIpc) is 2.78. The second-order valence-electron chi connectivity index (χ2n) is 9.30. The van der Waals surface area contributed by atoms with Crippen LogP contribution >= 0.6 is 0 Å². The van der Waals surface area contributed by atoms with Crippen LogP contribution in [0, 0.1) is 12.3 Å². The number of carbonyl (C=O) groups is 2. The van der Waals surface area contributed by atoms with Crippen LogP contribution in [0.1, 0.15) is 83.3 Å². The van der Waals surface area contributed by atoms with Gasteiger partial charge in [0.25, 0.3) is 11.8 Å². The number of amides is 2. The van der Waals surface area contributed by atoms with Crippen molar-refractivity contribution in [3.05, 3.63) is 58.9 Å². The SMILES string of the molecule is CCCCNC(=O)c1ccc(NC(=O)c2cc(C)cnc2C2CC3(CCOCC3)C2)cc1. The van der Waals surface area contributed by atoms with Gasteiger partial charge in [0, 0.05) is 43.1 Å². The van der Waals surface area contributed by atoms with Crippen molar-refractivity contribution in [2.75, 3.05) is 25.1 Å². The molecule has 0 radical (unpaired) electrons. The Morgan fingerprint density at radius 2 is 1.84 bits per heavy atom. The molecular formula is C26H33N3O3. The van der Waals surface area contributed by atoms with Crippen LogP contribution < -0.4 is 10.6 Å². The van der Waals surface area contributed by atoms with Gasteiger partial charge in [0.1, 0.15) is 0 Å². The third kappa shape index (κ3) is 5.01. The van der Waals surface area contributed by atoms with Gasteiger partial charge >= 0.3 is 0 Å². The lowest BCUT2D eigenvalue weighted by atomic mass is 9.57. The predicted molar refractivity (Wildman–Crippen MR) is 125 cm³/mol. The molecule has 1 spiro atoms. The van der Waals surface area contributed by atoms with Crippen LogP contribution in [-0.2, 0) is 4.74 Å². The van der Waals surface area contributed by atoms with Gasteiger partial charge in [-0.2, -0.15) is 0 Å². The van der Waals surface area contributed by atoms with Crippen molar-refractivity contribution in [1.29, 1.82) is 0 Å². The van der Waals surface area contributed by atoms with Crippen LogP contribution in [0.5, 0.6) is 0 Å². The fraction of sp³-hybridized carbons (Fsp3) is 0.500. The molecule has 0 unspecified atom stereocenters. The molecule has 2 aromatic rings. The molecule has 1 aliphatic heterocycles. The van der Waals surface area contributed by atoms with Gasteiger partial charge in [0.2, 0.25) is 0 Å². The quantitative estimate of drug-likeness (QED) is 0.610. The second-order valence-corrected chi connectivity index (χ2v) is 9.30. The average molecular weight is 436 g/mol. The molecule has 2 N–H and O–H groups in total. The van der Waals surface area contributed by atoms with Crippen LogP contribution in [0.2, 0.25) is 0 Å². The molecule has 2 amide bonds. The first-order valence-electron chi connectivity index (χ1n) is 11.7. The van der Waals surface area contributed by atoms with E-state index in [-0.39, 0.29) is 11.8 Å². The highest BCUT2D eigenvalue weighted by Gasteiger charge is 2.46. The van der Waals surface area contributed by atoms with E-state index in [2.05, 4.69) is 22.5 Å². The number of hydrogen-bond donors (Lipinski definition) is 2. The van der Waals surface area contributed by atoms with Crippen LogP contribution in [0.4, 0.5) is 5.69 Å². The van der Waals surface area contributed by atoms with E-state index < -0.39 is 0 Å². The number of aromatic nitrogens is 1. The number of benzene rings is 1. The molecule has 0 bridgehead atoms. The van der Waals surface area contributed by atoms with Crippen LogP contribution in [0.25, 0.3) is 0 Å². The number of hydrogen-bond acceptors (Lipinski definition) is 4. The number of nitrogens with zero attached hydrogens (tertiary/aromatic N) is 1. The summed E-state index contributed by atoms with van der Waals surface area (Å²) in [6.45, 7) is 6.40. The van der Waals surface area contributed by atoms with Crippen molar-refractivity contribution < 1.29 is 14.3 Å². The summed E-state index contributed by atoms with van der Waals surface area (Å²) in [5.74, 6) is 0.0847. The van der Waals surface area contributed by atoms with Gasteiger partial charge in [0.15, 0.2) is 0 Å². The Morgan fingerprint density at radius 1 is 1.12 bits per heavy atom. The maximum atomic E-state index is 13.1. The minimum absolute atomic E-state index is 0.0893. The number of unbranched alkanes of at least 4 members (excludes halogenated alkanes) is 1. The highest BCUT2D eigenvalue weighted by molar-refractivity contribution is 6.05. The Bertz CT molecular complexity index is 957. The summed E-state index contributed by atoms with van der Waals surface area (Å²) in [4.78, 5) is 30.0. The molecule has 2 aliphatic rings. The monoisotopic (exact) mass is 435 g/mol.